The van der Waals surface area contributed by atoms with Crippen LogP contribution in [0.1, 0.15) is 5.69 Å². The van der Waals surface area contributed by atoms with E-state index in [0.29, 0.717) is 18.0 Å². The van der Waals surface area contributed by atoms with Crippen LogP contribution in [0.3, 0.4) is 0 Å². The molecule has 0 radical (unpaired) electrons. The van der Waals surface area contributed by atoms with Crippen molar-refractivity contribution < 1.29 is 28.9 Å². The van der Waals surface area contributed by atoms with Gasteiger partial charge in [-0.25, -0.2) is 9.97 Å². The number of fused-ring (bicyclic) bond motifs is 2. The minimum Gasteiger partial charge on any atom is -0.543 e. The van der Waals surface area contributed by atoms with E-state index >= 15 is 0 Å². The summed E-state index contributed by atoms with van der Waals surface area (Å²) >= 11 is 4.00. The molecule has 3 aromatic heterocycles. The van der Waals surface area contributed by atoms with Crippen LogP contribution in [0.4, 0.5) is 10.3 Å². The Labute approximate surface area is 240 Å². The van der Waals surface area contributed by atoms with Crippen LogP contribution in [-0.2, 0) is 25.8 Å². The van der Waals surface area contributed by atoms with Gasteiger partial charge in [0.2, 0.25) is 0 Å². The molecule has 0 aliphatic carbocycles. The number of carbonyl (C=O) groups is 3. The Kier molecular flexibility index (Phi) is 7.88. The molecule has 40 heavy (non-hydrogen) atoms. The van der Waals surface area contributed by atoms with Gasteiger partial charge >= 0.3 is 0 Å². The fourth-order valence-electron chi connectivity index (χ4n) is 4.23. The first-order valence-electron chi connectivity index (χ1n) is 11.9. The largest absolute Gasteiger partial charge is 0.543 e. The van der Waals surface area contributed by atoms with E-state index in [1.807, 2.05) is 42.0 Å². The lowest BCUT2D eigenvalue weighted by Gasteiger charge is -2.50. The molecule has 2 atom stereocenters. The summed E-state index contributed by atoms with van der Waals surface area (Å²) in [6, 6.07) is 0.958. The van der Waals surface area contributed by atoms with Crippen LogP contribution < -0.4 is 26.0 Å². The Hall–Kier alpha value is -3.80. The molecule has 14 nitrogen and oxygen atoms in total. The average Bonchev–Trinajstić information content (AvgIpc) is 3.53. The molecule has 0 aromatic carbocycles. The van der Waals surface area contributed by atoms with E-state index in [1.165, 1.54) is 35.1 Å². The van der Waals surface area contributed by atoms with Crippen molar-refractivity contribution in [1.82, 2.24) is 25.1 Å². The molecule has 1 saturated heterocycles. The van der Waals surface area contributed by atoms with Crippen molar-refractivity contribution in [3.8, 4) is 0 Å². The number of carboxylic acid groups (broad SMARTS) is 1. The molecule has 2 aliphatic heterocycles. The molecule has 210 valence electrons. The molecule has 2 amide bonds. The maximum absolute atomic E-state index is 13.1. The standard InChI is InChI=1S/C23H25N9O5S3/c1-30(2)10-25-23-27-12-7-31(5-4-14(12)40-23)6-11-8-38-20-16(19(34)32(20)17(11)21(35)36)28-18(33)15(29-37-3)13-9-39-22(24)26-13/h4-5,7,9,16,20H,6,8,10H2,1-3H3,(H4-,24,25,26,27,28,33,35,36)/b29-15-/t16?,20-/m1/s1. The second-order valence-corrected chi connectivity index (χ2v) is 12.1. The number of oxime groups is 1. The van der Waals surface area contributed by atoms with Gasteiger partial charge in [0.15, 0.2) is 34.9 Å². The fourth-order valence-corrected chi connectivity index (χ4v) is 6.94. The Morgan fingerprint density at radius 2 is 2.17 bits per heavy atom. The van der Waals surface area contributed by atoms with Crippen LogP contribution in [-0.4, -0.2) is 88.3 Å². The third kappa shape index (κ3) is 5.45. The van der Waals surface area contributed by atoms with Gasteiger partial charge in [0.25, 0.3) is 11.8 Å². The van der Waals surface area contributed by atoms with Crippen LogP contribution in [0, 0.1) is 0 Å². The number of hydrogen-bond acceptors (Lipinski definition) is 14. The monoisotopic (exact) mass is 603 g/mol. The topological polar surface area (TPSA) is 182 Å². The van der Waals surface area contributed by atoms with Gasteiger partial charge < -0.3 is 31.1 Å². The number of amides is 2. The molecule has 17 heteroatoms. The minimum absolute atomic E-state index is 0.146. The highest BCUT2D eigenvalue weighted by Gasteiger charge is 2.53. The number of nitrogen functional groups attached to an aromatic ring is 1. The molecule has 1 fully saturated rings. The van der Waals surface area contributed by atoms with Crippen LogP contribution in [0.2, 0.25) is 0 Å². The molecule has 0 saturated carbocycles. The number of rotatable bonds is 10. The van der Waals surface area contributed by atoms with Gasteiger partial charge in [-0.15, -0.1) is 23.1 Å². The highest BCUT2D eigenvalue weighted by Crippen LogP contribution is 2.40. The molecule has 1 unspecified atom stereocenters. The first kappa shape index (κ1) is 27.8. The van der Waals surface area contributed by atoms with E-state index in [-0.39, 0.29) is 28.8 Å². The summed E-state index contributed by atoms with van der Waals surface area (Å²) in [7, 11) is 5.18. The lowest BCUT2D eigenvalue weighted by molar-refractivity contribution is -0.687. The van der Waals surface area contributed by atoms with Crippen molar-refractivity contribution in [2.45, 2.75) is 18.0 Å². The SMILES string of the molecule is CO/N=C(\C(=O)NC1C(=O)N2C(C(=O)[O-])=C(C[n+]3ccc4sc(NCN(C)C)nc4c3)CS[C@H]12)c1csc(N)n1. The zero-order chi connectivity index (χ0) is 28.6. The third-order valence-electron chi connectivity index (χ3n) is 6.00. The number of nitrogens with two attached hydrogens (primary N) is 1. The summed E-state index contributed by atoms with van der Waals surface area (Å²) in [6.07, 6.45) is 3.68. The predicted octanol–water partition coefficient (Wildman–Crippen LogP) is -0.992. The smallest absolute Gasteiger partial charge is 0.276 e. The summed E-state index contributed by atoms with van der Waals surface area (Å²) in [5.74, 6) is -2.39. The Morgan fingerprint density at radius 1 is 1.38 bits per heavy atom. The number of nitrogens with one attached hydrogen (secondary N) is 2. The lowest BCUT2D eigenvalue weighted by atomic mass is 10.0. The number of anilines is 2. The Balaban J connectivity index is 1.32. The van der Waals surface area contributed by atoms with E-state index in [0.717, 1.165) is 26.7 Å². The predicted molar refractivity (Wildman–Crippen MR) is 149 cm³/mol. The van der Waals surface area contributed by atoms with E-state index in [4.69, 9.17) is 10.6 Å². The number of thioether (sulfide) groups is 1. The van der Waals surface area contributed by atoms with Gasteiger partial charge in [0.1, 0.15) is 29.7 Å². The molecule has 5 rings (SSSR count). The first-order valence-corrected chi connectivity index (χ1v) is 14.6. The Bertz CT molecular complexity index is 1550. The number of β-lactam (4-membered cyclic amide) rings is 1. The summed E-state index contributed by atoms with van der Waals surface area (Å²) in [4.78, 5) is 54.8. The number of pyridine rings is 1. The van der Waals surface area contributed by atoms with Gasteiger partial charge in [-0.1, -0.05) is 16.5 Å². The van der Waals surface area contributed by atoms with E-state index in [9.17, 15) is 19.5 Å². The van der Waals surface area contributed by atoms with Crippen LogP contribution >= 0.6 is 34.4 Å². The van der Waals surface area contributed by atoms with Gasteiger partial charge in [-0.2, -0.15) is 4.57 Å². The van der Waals surface area contributed by atoms with E-state index in [1.54, 1.807) is 5.38 Å². The maximum atomic E-state index is 13.1. The number of aromatic nitrogens is 3. The number of carbonyl (C=O) groups excluding carboxylic acids is 3. The molecule has 0 spiro atoms. The van der Waals surface area contributed by atoms with Gasteiger partial charge in [-0.05, 0) is 14.1 Å². The molecule has 0 bridgehead atoms. The van der Waals surface area contributed by atoms with Crippen molar-refractivity contribution >= 4 is 78.4 Å². The number of hydrogen-bond donors (Lipinski definition) is 3. The summed E-state index contributed by atoms with van der Waals surface area (Å²) in [5, 5.41) is 23.7. The Morgan fingerprint density at radius 3 is 2.85 bits per heavy atom. The van der Waals surface area contributed by atoms with Gasteiger partial charge in [0.05, 0.1) is 23.0 Å². The number of nitrogens with zero attached hydrogens (tertiary/aromatic N) is 6. The molecular weight excluding hydrogens is 579 g/mol. The van der Waals surface area contributed by atoms with Crippen molar-refractivity contribution in [3.05, 3.63) is 40.8 Å². The minimum atomic E-state index is -1.46. The van der Waals surface area contributed by atoms with Crippen molar-refractivity contribution in [2.24, 2.45) is 5.16 Å². The van der Waals surface area contributed by atoms with Gasteiger partial charge in [-0.3, -0.25) is 19.4 Å². The quantitative estimate of drug-likeness (QED) is 0.0851. The number of carboxylic acids is 1. The van der Waals surface area contributed by atoms with E-state index < -0.39 is 29.2 Å². The molecule has 3 aromatic rings. The zero-order valence-corrected chi connectivity index (χ0v) is 24.1. The highest BCUT2D eigenvalue weighted by molar-refractivity contribution is 8.00. The normalized spacial score (nSPS) is 19.1. The lowest BCUT2D eigenvalue weighted by Crippen LogP contribution is -2.71. The van der Waals surface area contributed by atoms with Gasteiger partial charge in [0, 0.05) is 22.8 Å². The molecular formula is C23H25N9O5S3. The highest BCUT2D eigenvalue weighted by atomic mass is 32.2. The average molecular weight is 604 g/mol. The third-order valence-corrected chi connectivity index (χ3v) is 9.00. The second-order valence-electron chi connectivity index (χ2n) is 9.09. The fraction of sp³-hybridized carbons (Fsp3) is 0.348. The van der Waals surface area contributed by atoms with Crippen molar-refractivity contribution in [1.29, 1.82) is 0 Å². The molecule has 5 heterocycles. The molecule has 4 N–H and O–H groups in total. The number of aliphatic carboxylic acids is 1. The van der Waals surface area contributed by atoms with E-state index in [2.05, 4.69) is 25.8 Å². The van der Waals surface area contributed by atoms with Crippen LogP contribution in [0.5, 0.6) is 0 Å². The zero-order valence-electron chi connectivity index (χ0n) is 21.6. The van der Waals surface area contributed by atoms with Crippen molar-refractivity contribution in [2.75, 3.05) is 44.7 Å². The first-order chi connectivity index (χ1) is 19.2. The number of thiazole rings is 2. The summed E-state index contributed by atoms with van der Waals surface area (Å²) in [5.41, 5.74) is 6.82. The van der Waals surface area contributed by atoms with Crippen LogP contribution in [0.15, 0.2) is 40.3 Å². The van der Waals surface area contributed by atoms with Crippen LogP contribution in [0.25, 0.3) is 10.2 Å². The second kappa shape index (κ2) is 11.4. The van der Waals surface area contributed by atoms with Crippen molar-refractivity contribution in [3.63, 3.8) is 0 Å². The summed E-state index contributed by atoms with van der Waals surface area (Å²) in [6.45, 7) is 0.874. The molecule has 2 aliphatic rings. The maximum Gasteiger partial charge on any atom is 0.276 e. The summed E-state index contributed by atoms with van der Waals surface area (Å²) < 4.78 is 2.81.